The molecular formula is C23H17FN4O4S. The lowest BCUT2D eigenvalue weighted by Gasteiger charge is -2.31. The van der Waals surface area contributed by atoms with E-state index in [9.17, 15) is 19.1 Å². The summed E-state index contributed by atoms with van der Waals surface area (Å²) in [6, 6.07) is 7.93. The van der Waals surface area contributed by atoms with Crippen LogP contribution < -0.4 is 5.32 Å². The summed E-state index contributed by atoms with van der Waals surface area (Å²) in [4.78, 5) is 34.9. The number of carboxylic acids is 1. The van der Waals surface area contributed by atoms with Crippen LogP contribution >= 0.6 is 11.8 Å². The van der Waals surface area contributed by atoms with Gasteiger partial charge in [0.25, 0.3) is 0 Å². The van der Waals surface area contributed by atoms with Crippen LogP contribution in [0.3, 0.4) is 0 Å². The third kappa shape index (κ3) is 3.25. The smallest absolute Gasteiger partial charge is 0.354 e. The zero-order chi connectivity index (χ0) is 22.7. The Morgan fingerprint density at radius 3 is 2.97 bits per heavy atom. The maximum absolute atomic E-state index is 13.5. The van der Waals surface area contributed by atoms with Gasteiger partial charge < -0.3 is 24.8 Å². The number of aromatic amines is 2. The van der Waals surface area contributed by atoms with Crippen LogP contribution in [0.25, 0.3) is 11.0 Å². The van der Waals surface area contributed by atoms with Gasteiger partial charge in [0.1, 0.15) is 17.3 Å². The van der Waals surface area contributed by atoms with E-state index < -0.39 is 11.9 Å². The lowest BCUT2D eigenvalue weighted by molar-refractivity contribution is -0.116. The second-order valence-electron chi connectivity index (χ2n) is 7.99. The number of nitrogens with one attached hydrogen (secondary N) is 3. The highest BCUT2D eigenvalue weighted by Crippen LogP contribution is 2.47. The zero-order valence-electron chi connectivity index (χ0n) is 17.1. The highest BCUT2D eigenvalue weighted by molar-refractivity contribution is 7.99. The standard InChI is InChI=1S/C23H17FN4O4S/c24-10-4-5-12-14(8-10)28-23(27-12)33-17-7-6-16(32-17)18-11-9-25-21(22(30)31)20(11)26-13-2-1-3-15(29)19(13)18/h4-9,18,25-26H,1-3H2,(H,27,28)(H,30,31). The number of aromatic nitrogens is 3. The van der Waals surface area contributed by atoms with Crippen molar-refractivity contribution in [3.63, 3.8) is 0 Å². The lowest BCUT2D eigenvalue weighted by atomic mass is 9.78. The highest BCUT2D eigenvalue weighted by atomic mass is 32.2. The quantitative estimate of drug-likeness (QED) is 0.334. The number of anilines is 1. The van der Waals surface area contributed by atoms with Gasteiger partial charge in [-0.15, -0.1) is 0 Å². The molecule has 0 saturated heterocycles. The minimum Gasteiger partial charge on any atom is -0.477 e. The predicted octanol–water partition coefficient (Wildman–Crippen LogP) is 5.04. The fourth-order valence-electron chi connectivity index (χ4n) is 4.54. The molecule has 4 N–H and O–H groups in total. The van der Waals surface area contributed by atoms with E-state index in [1.807, 2.05) is 0 Å². The van der Waals surface area contributed by atoms with Gasteiger partial charge in [0.15, 0.2) is 16.0 Å². The lowest BCUT2D eigenvalue weighted by Crippen LogP contribution is -2.26. The molecule has 0 amide bonds. The molecule has 33 heavy (non-hydrogen) atoms. The predicted molar refractivity (Wildman–Crippen MR) is 118 cm³/mol. The van der Waals surface area contributed by atoms with Crippen molar-refractivity contribution in [2.24, 2.45) is 0 Å². The molecule has 4 heterocycles. The van der Waals surface area contributed by atoms with Crippen LogP contribution in [-0.4, -0.2) is 31.8 Å². The maximum atomic E-state index is 13.5. The number of rotatable bonds is 4. The number of imidazole rings is 1. The van der Waals surface area contributed by atoms with Gasteiger partial charge in [0.05, 0.1) is 22.6 Å². The Balaban J connectivity index is 1.39. The summed E-state index contributed by atoms with van der Waals surface area (Å²) >= 11 is 1.25. The molecule has 1 aliphatic carbocycles. The molecule has 1 unspecified atom stereocenters. The molecule has 1 aliphatic heterocycles. The Morgan fingerprint density at radius 1 is 1.24 bits per heavy atom. The number of Topliss-reactive ketones (excluding diaryl/α,β-unsaturated/α-hetero) is 1. The first-order valence-electron chi connectivity index (χ1n) is 10.4. The van der Waals surface area contributed by atoms with E-state index in [-0.39, 0.29) is 17.3 Å². The number of carbonyl (C=O) groups excluding carboxylic acids is 1. The minimum atomic E-state index is -1.08. The Morgan fingerprint density at radius 2 is 2.12 bits per heavy atom. The van der Waals surface area contributed by atoms with Gasteiger partial charge in [0.2, 0.25) is 0 Å². The van der Waals surface area contributed by atoms with E-state index in [0.29, 0.717) is 63.1 Å². The number of nitrogens with zero attached hydrogens (tertiary/aromatic N) is 1. The van der Waals surface area contributed by atoms with E-state index in [2.05, 4.69) is 20.3 Å². The van der Waals surface area contributed by atoms with E-state index in [4.69, 9.17) is 4.42 Å². The Labute approximate surface area is 190 Å². The van der Waals surface area contributed by atoms with Gasteiger partial charge in [0, 0.05) is 35.5 Å². The molecule has 166 valence electrons. The van der Waals surface area contributed by atoms with Crippen LogP contribution in [0, 0.1) is 5.82 Å². The first kappa shape index (κ1) is 19.9. The first-order chi connectivity index (χ1) is 16.0. The summed E-state index contributed by atoms with van der Waals surface area (Å²) in [6.45, 7) is 0. The van der Waals surface area contributed by atoms with Gasteiger partial charge in [-0.3, -0.25) is 4.79 Å². The maximum Gasteiger partial charge on any atom is 0.354 e. The highest BCUT2D eigenvalue weighted by Gasteiger charge is 2.39. The molecule has 0 saturated carbocycles. The molecule has 0 radical (unpaired) electrons. The normalized spacial score (nSPS) is 17.7. The Bertz CT molecular complexity index is 1480. The molecule has 10 heteroatoms. The molecular weight excluding hydrogens is 447 g/mol. The zero-order valence-corrected chi connectivity index (χ0v) is 17.9. The molecule has 4 aromatic rings. The van der Waals surface area contributed by atoms with Crippen LogP contribution in [0.5, 0.6) is 0 Å². The minimum absolute atomic E-state index is 0.0300. The summed E-state index contributed by atoms with van der Waals surface area (Å²) in [5.74, 6) is -1.37. The third-order valence-electron chi connectivity index (χ3n) is 5.96. The van der Waals surface area contributed by atoms with Crippen molar-refractivity contribution in [2.75, 3.05) is 5.32 Å². The molecule has 6 rings (SSSR count). The molecule has 1 aromatic carbocycles. The van der Waals surface area contributed by atoms with E-state index in [1.165, 1.54) is 23.9 Å². The van der Waals surface area contributed by atoms with Gasteiger partial charge >= 0.3 is 5.97 Å². The molecule has 0 bridgehead atoms. The Hall–Kier alpha value is -3.79. The first-order valence-corrected chi connectivity index (χ1v) is 11.2. The van der Waals surface area contributed by atoms with Crippen molar-refractivity contribution >= 4 is 40.2 Å². The van der Waals surface area contributed by atoms with Gasteiger partial charge in [-0.1, -0.05) is 0 Å². The largest absolute Gasteiger partial charge is 0.477 e. The van der Waals surface area contributed by atoms with Crippen LogP contribution in [0.15, 0.2) is 62.5 Å². The van der Waals surface area contributed by atoms with E-state index in [0.717, 1.165) is 5.70 Å². The van der Waals surface area contributed by atoms with Crippen molar-refractivity contribution in [3.8, 4) is 0 Å². The van der Waals surface area contributed by atoms with Gasteiger partial charge in [-0.05, 0) is 48.9 Å². The summed E-state index contributed by atoms with van der Waals surface area (Å²) in [5.41, 5.74) is 3.77. The number of allylic oxidation sites excluding steroid dienone is 2. The second-order valence-corrected chi connectivity index (χ2v) is 8.98. The number of halogens is 1. The van der Waals surface area contributed by atoms with Crippen molar-refractivity contribution in [1.82, 2.24) is 15.0 Å². The number of carbonyl (C=O) groups is 2. The SMILES string of the molecule is O=C1CCCC2=C1C(c1ccc(Sc3nc4cc(F)ccc4[nH]3)o1)c1c[nH]c(C(=O)O)c1N2. The third-order valence-corrected chi connectivity index (χ3v) is 6.77. The van der Waals surface area contributed by atoms with Crippen LogP contribution in [0.1, 0.15) is 47.0 Å². The van der Waals surface area contributed by atoms with E-state index in [1.54, 1.807) is 24.4 Å². The average Bonchev–Trinajstić information content (AvgIpc) is 3.50. The van der Waals surface area contributed by atoms with Crippen molar-refractivity contribution in [3.05, 3.63) is 70.6 Å². The number of benzene rings is 1. The topological polar surface area (TPSA) is 124 Å². The van der Waals surface area contributed by atoms with Crippen molar-refractivity contribution in [1.29, 1.82) is 0 Å². The fourth-order valence-corrected chi connectivity index (χ4v) is 5.31. The number of hydrogen-bond donors (Lipinski definition) is 4. The van der Waals surface area contributed by atoms with Gasteiger partial charge in [-0.25, -0.2) is 14.2 Å². The molecule has 0 fully saturated rings. The molecule has 1 atom stereocenters. The number of furan rings is 1. The summed E-state index contributed by atoms with van der Waals surface area (Å²) in [6.07, 6.45) is 3.44. The molecule has 0 spiro atoms. The summed E-state index contributed by atoms with van der Waals surface area (Å²) in [5, 5.41) is 13.8. The Kier molecular flexibility index (Phi) is 4.44. The fraction of sp³-hybridized carbons (Fsp3) is 0.174. The van der Waals surface area contributed by atoms with Crippen LogP contribution in [0.2, 0.25) is 0 Å². The number of hydrogen-bond acceptors (Lipinski definition) is 6. The van der Waals surface area contributed by atoms with Gasteiger partial charge in [-0.2, -0.15) is 0 Å². The molecule has 2 aliphatic rings. The molecule has 8 nitrogen and oxygen atoms in total. The number of fused-ring (bicyclic) bond motifs is 2. The number of ketones is 1. The average molecular weight is 464 g/mol. The number of H-pyrrole nitrogens is 2. The summed E-state index contributed by atoms with van der Waals surface area (Å²) < 4.78 is 19.6. The molecule has 3 aromatic heterocycles. The van der Waals surface area contributed by atoms with E-state index >= 15 is 0 Å². The summed E-state index contributed by atoms with van der Waals surface area (Å²) in [7, 11) is 0. The van der Waals surface area contributed by atoms with Crippen LogP contribution in [0.4, 0.5) is 10.1 Å². The van der Waals surface area contributed by atoms with Crippen molar-refractivity contribution in [2.45, 2.75) is 35.4 Å². The number of aromatic carboxylic acids is 1. The van der Waals surface area contributed by atoms with Crippen molar-refractivity contribution < 1.29 is 23.5 Å². The monoisotopic (exact) mass is 464 g/mol. The number of carboxylic acid groups (broad SMARTS) is 1. The second kappa shape index (κ2) is 7.38. The van der Waals surface area contributed by atoms with Crippen LogP contribution in [-0.2, 0) is 4.79 Å².